The third-order valence-electron chi connectivity index (χ3n) is 5.85. The maximum Gasteiger partial charge on any atom is 0.235 e. The number of carbonyl (C=O) groups is 1. The molecule has 0 radical (unpaired) electrons. The molecule has 0 saturated carbocycles. The standard InChI is InChI=1S/C23H27N7O2S.ClH/c1-32-21-5-3-17-22(29-21)18(6-8-26-17)30-11-7-16(13-30)25-10-9-24-12-15-2-4-19-23(27-15)28-20(31)14-33-19;/h2-6,8,16,24-25H,7,9-14H2,1H3,(H,27,28,31);1H. The highest BCUT2D eigenvalue weighted by Crippen LogP contribution is 2.30. The SMILES string of the molecule is COc1ccc2nccc(N3CCC(NCCNCc4ccc5c(n4)NC(=O)CS5)C3)c2n1.Cl. The van der Waals surface area contributed by atoms with E-state index < -0.39 is 0 Å². The lowest BCUT2D eigenvalue weighted by Crippen LogP contribution is -2.37. The fraction of sp³-hybridized carbons (Fsp3) is 0.391. The molecule has 1 saturated heterocycles. The Labute approximate surface area is 208 Å². The Morgan fingerprint density at radius 3 is 3.00 bits per heavy atom. The molecule has 180 valence electrons. The van der Waals surface area contributed by atoms with Crippen molar-refractivity contribution in [2.75, 3.05) is 49.3 Å². The van der Waals surface area contributed by atoms with Crippen LogP contribution in [0.3, 0.4) is 0 Å². The molecule has 0 bridgehead atoms. The first-order valence-electron chi connectivity index (χ1n) is 11.1. The molecule has 1 amide bonds. The summed E-state index contributed by atoms with van der Waals surface area (Å²) in [7, 11) is 1.63. The van der Waals surface area contributed by atoms with E-state index in [1.807, 2.05) is 36.5 Å². The van der Waals surface area contributed by atoms with Crippen LogP contribution in [0.15, 0.2) is 41.4 Å². The van der Waals surface area contributed by atoms with Crippen LogP contribution in [0.1, 0.15) is 12.1 Å². The van der Waals surface area contributed by atoms with E-state index >= 15 is 0 Å². The van der Waals surface area contributed by atoms with Crippen LogP contribution >= 0.6 is 24.2 Å². The van der Waals surface area contributed by atoms with E-state index in [1.165, 1.54) is 11.8 Å². The first kappa shape index (κ1) is 24.5. The van der Waals surface area contributed by atoms with Crippen molar-refractivity contribution < 1.29 is 9.53 Å². The second-order valence-electron chi connectivity index (χ2n) is 8.10. The molecule has 11 heteroatoms. The van der Waals surface area contributed by atoms with Gasteiger partial charge in [-0.15, -0.1) is 24.2 Å². The molecule has 1 unspecified atom stereocenters. The van der Waals surface area contributed by atoms with Gasteiger partial charge in [-0.25, -0.2) is 9.97 Å². The van der Waals surface area contributed by atoms with Gasteiger partial charge in [0.15, 0.2) is 0 Å². The Bertz CT molecular complexity index is 1170. The normalized spacial score (nSPS) is 17.3. The summed E-state index contributed by atoms with van der Waals surface area (Å²) in [6.07, 6.45) is 2.92. The molecule has 5 rings (SSSR count). The molecule has 5 heterocycles. The molecule has 2 aliphatic rings. The van der Waals surface area contributed by atoms with Crippen LogP contribution in [0.2, 0.25) is 0 Å². The zero-order valence-electron chi connectivity index (χ0n) is 18.9. The number of hydrogen-bond donors (Lipinski definition) is 3. The number of amides is 1. The molecule has 2 aliphatic heterocycles. The van der Waals surface area contributed by atoms with E-state index in [0.29, 0.717) is 30.0 Å². The summed E-state index contributed by atoms with van der Waals surface area (Å²) in [5.41, 5.74) is 3.79. The van der Waals surface area contributed by atoms with E-state index in [9.17, 15) is 4.79 Å². The lowest BCUT2D eigenvalue weighted by molar-refractivity contribution is -0.113. The van der Waals surface area contributed by atoms with E-state index in [0.717, 1.165) is 59.9 Å². The second kappa shape index (κ2) is 11.2. The monoisotopic (exact) mass is 501 g/mol. The number of carbonyl (C=O) groups excluding carboxylic acids is 1. The van der Waals surface area contributed by atoms with Crippen molar-refractivity contribution in [3.63, 3.8) is 0 Å². The zero-order valence-corrected chi connectivity index (χ0v) is 20.5. The Hall–Kier alpha value is -2.66. The van der Waals surface area contributed by atoms with Crippen LogP contribution in [0.5, 0.6) is 5.88 Å². The third-order valence-corrected chi connectivity index (χ3v) is 6.90. The highest BCUT2D eigenvalue weighted by molar-refractivity contribution is 8.00. The minimum absolute atomic E-state index is 0. The number of nitrogens with zero attached hydrogens (tertiary/aromatic N) is 4. The Balaban J connectivity index is 0.00000274. The van der Waals surface area contributed by atoms with Gasteiger partial charge < -0.3 is 25.6 Å². The van der Waals surface area contributed by atoms with E-state index in [2.05, 4.69) is 35.8 Å². The average Bonchev–Trinajstić information content (AvgIpc) is 3.31. The summed E-state index contributed by atoms with van der Waals surface area (Å²) < 4.78 is 5.30. The lowest BCUT2D eigenvalue weighted by Gasteiger charge is -2.20. The van der Waals surface area contributed by atoms with Crippen molar-refractivity contribution in [2.45, 2.75) is 23.9 Å². The van der Waals surface area contributed by atoms with Gasteiger partial charge in [-0.3, -0.25) is 9.78 Å². The molecule has 0 aromatic carbocycles. The molecule has 0 aliphatic carbocycles. The first-order chi connectivity index (χ1) is 16.2. The number of halogens is 1. The first-order valence-corrected chi connectivity index (χ1v) is 12.1. The number of pyridine rings is 3. The number of nitrogens with one attached hydrogen (secondary N) is 3. The van der Waals surface area contributed by atoms with Crippen LogP contribution in [-0.2, 0) is 11.3 Å². The van der Waals surface area contributed by atoms with Gasteiger partial charge in [-0.05, 0) is 30.7 Å². The fourth-order valence-corrected chi connectivity index (χ4v) is 4.95. The van der Waals surface area contributed by atoms with Gasteiger partial charge in [0, 0.05) is 51.0 Å². The number of hydrogen-bond acceptors (Lipinski definition) is 9. The minimum atomic E-state index is 0. The van der Waals surface area contributed by atoms with Gasteiger partial charge in [0.25, 0.3) is 0 Å². The van der Waals surface area contributed by atoms with Crippen molar-refractivity contribution in [1.82, 2.24) is 25.6 Å². The Morgan fingerprint density at radius 2 is 2.12 bits per heavy atom. The van der Waals surface area contributed by atoms with Crippen molar-refractivity contribution in [3.8, 4) is 5.88 Å². The number of aromatic nitrogens is 3. The number of fused-ring (bicyclic) bond motifs is 2. The van der Waals surface area contributed by atoms with Gasteiger partial charge in [-0.2, -0.15) is 0 Å². The van der Waals surface area contributed by atoms with Crippen LogP contribution in [0.25, 0.3) is 11.0 Å². The molecule has 3 aromatic rings. The van der Waals surface area contributed by atoms with Gasteiger partial charge in [0.1, 0.15) is 11.3 Å². The molecule has 1 atom stereocenters. The van der Waals surface area contributed by atoms with E-state index in [4.69, 9.17) is 4.74 Å². The number of rotatable bonds is 8. The molecule has 3 aromatic heterocycles. The Kier molecular flexibility index (Phi) is 8.04. The topological polar surface area (TPSA) is 104 Å². The van der Waals surface area contributed by atoms with Crippen molar-refractivity contribution >= 4 is 52.6 Å². The average molecular weight is 502 g/mol. The summed E-state index contributed by atoms with van der Waals surface area (Å²) in [5.74, 6) is 1.75. The van der Waals surface area contributed by atoms with Gasteiger partial charge in [0.2, 0.25) is 11.8 Å². The maximum absolute atomic E-state index is 11.6. The predicted octanol–water partition coefficient (Wildman–Crippen LogP) is 2.46. The van der Waals surface area contributed by atoms with Gasteiger partial charge in [0.05, 0.1) is 34.7 Å². The largest absolute Gasteiger partial charge is 0.481 e. The van der Waals surface area contributed by atoms with Crippen molar-refractivity contribution in [2.24, 2.45) is 0 Å². The fourth-order valence-electron chi connectivity index (χ4n) is 4.19. The number of methoxy groups -OCH3 is 1. The quantitative estimate of drug-likeness (QED) is 0.401. The molecule has 3 N–H and O–H groups in total. The smallest absolute Gasteiger partial charge is 0.235 e. The summed E-state index contributed by atoms with van der Waals surface area (Å²) in [4.78, 5) is 28.6. The zero-order chi connectivity index (χ0) is 22.6. The molecule has 1 fully saturated rings. The molecule has 0 spiro atoms. The summed E-state index contributed by atoms with van der Waals surface area (Å²) in [5, 5.41) is 9.92. The number of ether oxygens (including phenoxy) is 1. The number of thioether (sulfide) groups is 1. The summed E-state index contributed by atoms with van der Waals surface area (Å²) >= 11 is 1.53. The highest BCUT2D eigenvalue weighted by atomic mass is 35.5. The number of anilines is 2. The van der Waals surface area contributed by atoms with Crippen LogP contribution in [0.4, 0.5) is 11.5 Å². The van der Waals surface area contributed by atoms with Crippen LogP contribution in [0, 0.1) is 0 Å². The van der Waals surface area contributed by atoms with Crippen LogP contribution < -0.4 is 25.6 Å². The van der Waals surface area contributed by atoms with Crippen molar-refractivity contribution in [3.05, 3.63) is 42.2 Å². The van der Waals surface area contributed by atoms with Gasteiger partial charge >= 0.3 is 0 Å². The molecular weight excluding hydrogens is 474 g/mol. The van der Waals surface area contributed by atoms with Gasteiger partial charge in [-0.1, -0.05) is 0 Å². The predicted molar refractivity (Wildman–Crippen MR) is 137 cm³/mol. The van der Waals surface area contributed by atoms with E-state index in [1.54, 1.807) is 7.11 Å². The van der Waals surface area contributed by atoms with Crippen LogP contribution in [-0.4, -0.2) is 65.9 Å². The lowest BCUT2D eigenvalue weighted by atomic mass is 10.2. The highest BCUT2D eigenvalue weighted by Gasteiger charge is 2.24. The molecule has 9 nitrogen and oxygen atoms in total. The molecule has 34 heavy (non-hydrogen) atoms. The second-order valence-corrected chi connectivity index (χ2v) is 9.12. The van der Waals surface area contributed by atoms with Crippen molar-refractivity contribution in [1.29, 1.82) is 0 Å². The Morgan fingerprint density at radius 1 is 1.21 bits per heavy atom. The summed E-state index contributed by atoms with van der Waals surface area (Å²) in [6, 6.07) is 10.3. The third kappa shape index (κ3) is 5.52. The molecular formula is C23H28ClN7O2S. The minimum Gasteiger partial charge on any atom is -0.481 e. The van der Waals surface area contributed by atoms with E-state index in [-0.39, 0.29) is 18.3 Å². The summed E-state index contributed by atoms with van der Waals surface area (Å²) in [6.45, 7) is 4.29. The maximum atomic E-state index is 11.6.